The van der Waals surface area contributed by atoms with Crippen LogP contribution in [0.25, 0.3) is 0 Å². The van der Waals surface area contributed by atoms with Gasteiger partial charge in [0.2, 0.25) is 0 Å². The zero-order chi connectivity index (χ0) is 28.1. The SMILES string of the molecule is COc1cccc(CN(Cc2ccc(N3CCCC3)cc2)c2ccc(COCCOCCN3CCOCC3)cc2)c1. The molecule has 0 unspecified atom stereocenters. The molecule has 7 heteroatoms. The van der Waals surface area contributed by atoms with Gasteiger partial charge < -0.3 is 28.7 Å². The molecule has 0 N–H and O–H groups in total. The molecule has 0 bridgehead atoms. The number of morpholine rings is 1. The Bertz CT molecular complexity index is 1160. The maximum absolute atomic E-state index is 5.89. The predicted molar refractivity (Wildman–Crippen MR) is 165 cm³/mol. The molecule has 0 amide bonds. The van der Waals surface area contributed by atoms with Crippen molar-refractivity contribution in [2.45, 2.75) is 32.5 Å². The Hall–Kier alpha value is -3.10. The monoisotopic (exact) mass is 559 g/mol. The van der Waals surface area contributed by atoms with Crippen molar-refractivity contribution in [2.75, 3.05) is 82.7 Å². The van der Waals surface area contributed by atoms with E-state index in [1.54, 1.807) is 7.11 Å². The summed E-state index contributed by atoms with van der Waals surface area (Å²) in [6, 6.07) is 26.2. The summed E-state index contributed by atoms with van der Waals surface area (Å²) in [6.45, 7) is 11.1. The van der Waals surface area contributed by atoms with E-state index in [4.69, 9.17) is 18.9 Å². The molecule has 41 heavy (non-hydrogen) atoms. The Morgan fingerprint density at radius 2 is 1.44 bits per heavy atom. The Balaban J connectivity index is 1.14. The van der Waals surface area contributed by atoms with E-state index in [1.807, 2.05) is 6.07 Å². The molecule has 2 aliphatic heterocycles. The highest BCUT2D eigenvalue weighted by Crippen LogP contribution is 2.25. The van der Waals surface area contributed by atoms with Gasteiger partial charge in [0, 0.05) is 57.2 Å². The summed E-state index contributed by atoms with van der Waals surface area (Å²) >= 11 is 0. The second kappa shape index (κ2) is 15.8. The first-order chi connectivity index (χ1) is 20.3. The summed E-state index contributed by atoms with van der Waals surface area (Å²) in [5.74, 6) is 0.884. The molecule has 0 saturated carbocycles. The summed E-state index contributed by atoms with van der Waals surface area (Å²) in [4.78, 5) is 7.29. The lowest BCUT2D eigenvalue weighted by Gasteiger charge is -2.26. The summed E-state index contributed by atoms with van der Waals surface area (Å²) in [7, 11) is 1.72. The zero-order valence-corrected chi connectivity index (χ0v) is 24.5. The highest BCUT2D eigenvalue weighted by atomic mass is 16.5. The number of benzene rings is 3. The van der Waals surface area contributed by atoms with Gasteiger partial charge in [-0.1, -0.05) is 36.4 Å². The van der Waals surface area contributed by atoms with Crippen LogP contribution in [0.15, 0.2) is 72.8 Å². The Morgan fingerprint density at radius 1 is 0.732 bits per heavy atom. The molecule has 3 aromatic carbocycles. The first kappa shape index (κ1) is 29.4. The molecule has 7 nitrogen and oxygen atoms in total. The molecule has 0 radical (unpaired) electrons. The molecule has 2 saturated heterocycles. The maximum Gasteiger partial charge on any atom is 0.119 e. The van der Waals surface area contributed by atoms with E-state index in [9.17, 15) is 0 Å². The first-order valence-corrected chi connectivity index (χ1v) is 15.0. The molecule has 0 atom stereocenters. The average molecular weight is 560 g/mol. The molecule has 2 fully saturated rings. The van der Waals surface area contributed by atoms with E-state index in [-0.39, 0.29) is 0 Å². The summed E-state index contributed by atoms with van der Waals surface area (Å²) in [6.07, 6.45) is 2.58. The average Bonchev–Trinajstić information content (AvgIpc) is 3.57. The zero-order valence-electron chi connectivity index (χ0n) is 24.5. The summed E-state index contributed by atoms with van der Waals surface area (Å²) in [5.41, 5.74) is 6.21. The van der Waals surface area contributed by atoms with E-state index in [2.05, 4.69) is 81.4 Å². The molecule has 5 rings (SSSR count). The summed E-state index contributed by atoms with van der Waals surface area (Å²) in [5, 5.41) is 0. The van der Waals surface area contributed by atoms with Gasteiger partial charge >= 0.3 is 0 Å². The normalized spacial score (nSPS) is 15.8. The van der Waals surface area contributed by atoms with Crippen LogP contribution in [0, 0.1) is 0 Å². The minimum atomic E-state index is 0.584. The van der Waals surface area contributed by atoms with E-state index >= 15 is 0 Å². The molecule has 2 heterocycles. The van der Waals surface area contributed by atoms with Gasteiger partial charge in [-0.3, -0.25) is 4.90 Å². The second-order valence-corrected chi connectivity index (χ2v) is 10.9. The van der Waals surface area contributed by atoms with Crippen molar-refractivity contribution in [3.05, 3.63) is 89.5 Å². The quantitative estimate of drug-likeness (QED) is 0.232. The first-order valence-electron chi connectivity index (χ1n) is 15.0. The molecule has 220 valence electrons. The second-order valence-electron chi connectivity index (χ2n) is 10.9. The van der Waals surface area contributed by atoms with Crippen molar-refractivity contribution in [1.29, 1.82) is 0 Å². The smallest absolute Gasteiger partial charge is 0.119 e. The fourth-order valence-corrected chi connectivity index (χ4v) is 5.47. The lowest BCUT2D eigenvalue weighted by atomic mass is 10.1. The van der Waals surface area contributed by atoms with Gasteiger partial charge in [-0.25, -0.2) is 0 Å². The highest BCUT2D eigenvalue weighted by molar-refractivity contribution is 5.52. The van der Waals surface area contributed by atoms with E-state index in [0.29, 0.717) is 19.8 Å². The molecule has 0 aromatic heterocycles. The van der Waals surface area contributed by atoms with Crippen LogP contribution >= 0.6 is 0 Å². The third-order valence-corrected chi connectivity index (χ3v) is 7.89. The standard InChI is InChI=1S/C34H45N3O4/c1-38-34-6-4-5-31(25-34)27-37(26-29-7-11-32(12-8-29)36-15-2-3-16-36)33-13-9-30(10-14-33)28-41-24-23-40-22-19-35-17-20-39-21-18-35/h4-14,25H,2-3,15-24,26-28H2,1H3. The van der Waals surface area contributed by atoms with Crippen molar-refractivity contribution in [3.8, 4) is 5.75 Å². The molecule has 2 aliphatic rings. The molecular formula is C34H45N3O4. The van der Waals surface area contributed by atoms with E-state index in [1.165, 1.54) is 54.0 Å². The number of ether oxygens (including phenoxy) is 4. The minimum Gasteiger partial charge on any atom is -0.497 e. The third kappa shape index (κ3) is 9.20. The lowest BCUT2D eigenvalue weighted by molar-refractivity contribution is 0.00585. The summed E-state index contributed by atoms with van der Waals surface area (Å²) < 4.78 is 22.5. The Kier molecular flexibility index (Phi) is 11.3. The molecular weight excluding hydrogens is 514 g/mol. The minimum absolute atomic E-state index is 0.584. The Morgan fingerprint density at radius 3 is 2.20 bits per heavy atom. The van der Waals surface area contributed by atoms with Crippen LogP contribution < -0.4 is 14.5 Å². The molecule has 0 spiro atoms. The van der Waals surface area contributed by atoms with Crippen LogP contribution in [0.4, 0.5) is 11.4 Å². The van der Waals surface area contributed by atoms with Gasteiger partial charge in [0.05, 0.1) is 46.8 Å². The largest absolute Gasteiger partial charge is 0.497 e. The predicted octanol–water partition coefficient (Wildman–Crippen LogP) is 5.37. The van der Waals surface area contributed by atoms with Gasteiger partial charge in [0.25, 0.3) is 0 Å². The number of hydrogen-bond acceptors (Lipinski definition) is 7. The van der Waals surface area contributed by atoms with E-state index in [0.717, 1.165) is 58.3 Å². The molecule has 0 aliphatic carbocycles. The van der Waals surface area contributed by atoms with Crippen molar-refractivity contribution in [2.24, 2.45) is 0 Å². The maximum atomic E-state index is 5.89. The lowest BCUT2D eigenvalue weighted by Crippen LogP contribution is -2.38. The van der Waals surface area contributed by atoms with Gasteiger partial charge in [0.1, 0.15) is 5.75 Å². The van der Waals surface area contributed by atoms with Crippen LogP contribution in [0.1, 0.15) is 29.5 Å². The third-order valence-electron chi connectivity index (χ3n) is 7.89. The Labute approximate surface area is 245 Å². The van der Waals surface area contributed by atoms with Crippen molar-refractivity contribution in [1.82, 2.24) is 4.90 Å². The number of anilines is 2. The van der Waals surface area contributed by atoms with Crippen molar-refractivity contribution in [3.63, 3.8) is 0 Å². The number of methoxy groups -OCH3 is 1. The topological polar surface area (TPSA) is 46.6 Å². The number of hydrogen-bond donors (Lipinski definition) is 0. The van der Waals surface area contributed by atoms with Gasteiger partial charge in [0.15, 0.2) is 0 Å². The van der Waals surface area contributed by atoms with Crippen molar-refractivity contribution >= 4 is 11.4 Å². The fraction of sp³-hybridized carbons (Fsp3) is 0.471. The van der Waals surface area contributed by atoms with Crippen molar-refractivity contribution < 1.29 is 18.9 Å². The van der Waals surface area contributed by atoms with Crippen LogP contribution in [-0.2, 0) is 33.9 Å². The van der Waals surface area contributed by atoms with Crippen LogP contribution in [-0.4, -0.2) is 77.8 Å². The highest BCUT2D eigenvalue weighted by Gasteiger charge is 2.14. The fourth-order valence-electron chi connectivity index (χ4n) is 5.47. The van der Waals surface area contributed by atoms with Gasteiger partial charge in [-0.05, 0) is 65.9 Å². The molecule has 3 aromatic rings. The van der Waals surface area contributed by atoms with Crippen LogP contribution in [0.5, 0.6) is 5.75 Å². The number of rotatable bonds is 15. The van der Waals surface area contributed by atoms with E-state index < -0.39 is 0 Å². The number of nitrogens with zero attached hydrogens (tertiary/aromatic N) is 3. The van der Waals surface area contributed by atoms with Gasteiger partial charge in [-0.2, -0.15) is 0 Å². The van der Waals surface area contributed by atoms with Crippen LogP contribution in [0.3, 0.4) is 0 Å². The van der Waals surface area contributed by atoms with Crippen LogP contribution in [0.2, 0.25) is 0 Å². The van der Waals surface area contributed by atoms with Gasteiger partial charge in [-0.15, -0.1) is 0 Å².